The maximum atomic E-state index is 2.41. The van der Waals surface area contributed by atoms with E-state index < -0.39 is 0 Å². The van der Waals surface area contributed by atoms with Gasteiger partial charge in [-0.1, -0.05) is 152 Å². The lowest BCUT2D eigenvalue weighted by Crippen LogP contribution is -2.09. The third kappa shape index (κ3) is 5.93. The van der Waals surface area contributed by atoms with Gasteiger partial charge in [0, 0.05) is 37.2 Å². The van der Waals surface area contributed by atoms with E-state index in [1.54, 1.807) is 0 Å². The molecule has 0 spiro atoms. The van der Waals surface area contributed by atoms with Crippen molar-refractivity contribution in [3.63, 3.8) is 0 Å². The molecule has 1 heterocycles. The fraction of sp³-hybridized carbons (Fsp3) is 0. The van der Waals surface area contributed by atoms with Crippen LogP contribution in [0.25, 0.3) is 75.5 Å². The Morgan fingerprint density at radius 3 is 1.35 bits per heavy atom. The van der Waals surface area contributed by atoms with Gasteiger partial charge < -0.3 is 4.90 Å². The molecule has 254 valence electrons. The van der Waals surface area contributed by atoms with Crippen molar-refractivity contribution < 1.29 is 0 Å². The van der Waals surface area contributed by atoms with E-state index >= 15 is 0 Å². The summed E-state index contributed by atoms with van der Waals surface area (Å²) in [6.45, 7) is 0. The van der Waals surface area contributed by atoms with Crippen molar-refractivity contribution >= 4 is 59.3 Å². The van der Waals surface area contributed by atoms with Gasteiger partial charge >= 0.3 is 0 Å². The fourth-order valence-electron chi connectivity index (χ4n) is 7.71. The second kappa shape index (κ2) is 13.7. The topological polar surface area (TPSA) is 3.24 Å². The number of nitrogens with zero attached hydrogens (tertiary/aromatic N) is 1. The number of rotatable bonds is 7. The molecule has 0 saturated heterocycles. The van der Waals surface area contributed by atoms with E-state index in [0.29, 0.717) is 0 Å². The van der Waals surface area contributed by atoms with Crippen LogP contribution in [0.4, 0.5) is 17.1 Å². The van der Waals surface area contributed by atoms with Crippen LogP contribution in [0.5, 0.6) is 0 Å². The van der Waals surface area contributed by atoms with Crippen LogP contribution in [0, 0.1) is 0 Å². The minimum atomic E-state index is 1.11. The first kappa shape index (κ1) is 32.0. The number of hydrogen-bond acceptors (Lipinski definition) is 2. The van der Waals surface area contributed by atoms with E-state index in [2.05, 4.69) is 217 Å². The summed E-state index contributed by atoms with van der Waals surface area (Å²) >= 11 is 1.87. The molecule has 10 aromatic rings. The summed E-state index contributed by atoms with van der Waals surface area (Å²) in [5, 5.41) is 5.12. The largest absolute Gasteiger partial charge is 0.311 e. The molecule has 0 radical (unpaired) electrons. The van der Waals surface area contributed by atoms with Crippen molar-refractivity contribution in [1.82, 2.24) is 0 Å². The second-order valence-electron chi connectivity index (χ2n) is 13.8. The molecule has 54 heavy (non-hydrogen) atoms. The number of benzene rings is 9. The summed E-state index contributed by atoms with van der Waals surface area (Å²) < 4.78 is 2.62. The highest BCUT2D eigenvalue weighted by Gasteiger charge is 2.17. The maximum absolute atomic E-state index is 2.41. The zero-order valence-corrected chi connectivity index (χ0v) is 30.4. The van der Waals surface area contributed by atoms with Gasteiger partial charge in [-0.3, -0.25) is 0 Å². The zero-order valence-electron chi connectivity index (χ0n) is 29.6. The molecule has 0 amide bonds. The van der Waals surface area contributed by atoms with Crippen molar-refractivity contribution in [2.75, 3.05) is 4.90 Å². The number of thiophene rings is 1. The molecule has 0 bridgehead atoms. The van der Waals surface area contributed by atoms with Crippen molar-refractivity contribution in [2.24, 2.45) is 0 Å². The normalized spacial score (nSPS) is 11.3. The number of hydrogen-bond donors (Lipinski definition) is 0. The van der Waals surface area contributed by atoms with E-state index in [9.17, 15) is 0 Å². The Morgan fingerprint density at radius 2 is 0.741 bits per heavy atom. The highest BCUT2D eigenvalue weighted by molar-refractivity contribution is 7.25. The van der Waals surface area contributed by atoms with E-state index in [-0.39, 0.29) is 0 Å². The summed E-state index contributed by atoms with van der Waals surface area (Å²) in [5.74, 6) is 0. The molecule has 0 saturated carbocycles. The first-order valence-electron chi connectivity index (χ1n) is 18.4. The van der Waals surface area contributed by atoms with Gasteiger partial charge in [-0.15, -0.1) is 11.3 Å². The highest BCUT2D eigenvalue weighted by atomic mass is 32.1. The van der Waals surface area contributed by atoms with Crippen LogP contribution in [0.3, 0.4) is 0 Å². The van der Waals surface area contributed by atoms with Crippen LogP contribution in [-0.4, -0.2) is 0 Å². The summed E-state index contributed by atoms with van der Waals surface area (Å²) in [7, 11) is 0. The molecule has 0 fully saturated rings. The van der Waals surface area contributed by atoms with Gasteiger partial charge in [0.15, 0.2) is 0 Å². The maximum Gasteiger partial charge on any atom is 0.0462 e. The van der Waals surface area contributed by atoms with Gasteiger partial charge in [0.2, 0.25) is 0 Å². The molecule has 1 nitrogen and oxygen atoms in total. The predicted molar refractivity (Wildman–Crippen MR) is 233 cm³/mol. The van der Waals surface area contributed by atoms with Crippen molar-refractivity contribution in [2.45, 2.75) is 0 Å². The summed E-state index contributed by atoms with van der Waals surface area (Å²) in [4.78, 5) is 2.35. The van der Waals surface area contributed by atoms with E-state index in [1.165, 1.54) is 75.5 Å². The summed E-state index contributed by atoms with van der Waals surface area (Å²) in [6, 6.07) is 77.1. The third-order valence-corrected chi connectivity index (χ3v) is 11.6. The molecular weight excluding hydrogens is 671 g/mol. The predicted octanol–water partition coefficient (Wildman–Crippen LogP) is 15.3. The Hall–Kier alpha value is -6.74. The fourth-order valence-corrected chi connectivity index (χ4v) is 8.84. The first-order chi connectivity index (χ1) is 26.7. The van der Waals surface area contributed by atoms with Crippen LogP contribution in [0.15, 0.2) is 212 Å². The number of fused-ring (bicyclic) bond motifs is 4. The van der Waals surface area contributed by atoms with Gasteiger partial charge in [-0.05, 0) is 116 Å². The first-order valence-corrected chi connectivity index (χ1v) is 19.2. The van der Waals surface area contributed by atoms with E-state index in [1.807, 2.05) is 11.3 Å². The minimum absolute atomic E-state index is 1.11. The van der Waals surface area contributed by atoms with E-state index in [4.69, 9.17) is 0 Å². The zero-order chi connectivity index (χ0) is 35.8. The lowest BCUT2D eigenvalue weighted by Gasteiger charge is -2.26. The average molecular weight is 706 g/mol. The molecule has 2 heteroatoms. The second-order valence-corrected chi connectivity index (χ2v) is 14.8. The standard InChI is InChI=1S/C52H35NS/c1-3-11-36(12-4-1)39-21-27-44(28-22-39)53(45-29-23-40(24-30-45)37-13-5-2-6-14-37)46-31-25-41(26-32-46)49-35-52-50(47-17-9-10-18-51(47)54-52)34-48(49)43-20-19-38-15-7-8-16-42(38)33-43/h1-35H. The van der Waals surface area contributed by atoms with Gasteiger partial charge in [-0.25, -0.2) is 0 Å². The number of anilines is 3. The van der Waals surface area contributed by atoms with Gasteiger partial charge in [-0.2, -0.15) is 0 Å². The van der Waals surface area contributed by atoms with Crippen LogP contribution in [0.2, 0.25) is 0 Å². The molecule has 1 aromatic heterocycles. The lowest BCUT2D eigenvalue weighted by atomic mass is 9.91. The minimum Gasteiger partial charge on any atom is -0.311 e. The Balaban J connectivity index is 1.09. The molecule has 0 atom stereocenters. The average Bonchev–Trinajstić information content (AvgIpc) is 3.62. The highest BCUT2D eigenvalue weighted by Crippen LogP contribution is 2.44. The Bertz CT molecular complexity index is 2810. The van der Waals surface area contributed by atoms with Crippen LogP contribution >= 0.6 is 11.3 Å². The third-order valence-electron chi connectivity index (χ3n) is 10.5. The molecule has 0 aliphatic carbocycles. The van der Waals surface area contributed by atoms with Crippen molar-refractivity contribution in [1.29, 1.82) is 0 Å². The molecule has 0 N–H and O–H groups in total. The lowest BCUT2D eigenvalue weighted by molar-refractivity contribution is 1.28. The molecule has 0 unspecified atom stereocenters. The monoisotopic (exact) mass is 705 g/mol. The Labute approximate surface area is 319 Å². The van der Waals surface area contributed by atoms with Gasteiger partial charge in [0.1, 0.15) is 0 Å². The van der Waals surface area contributed by atoms with Crippen LogP contribution in [-0.2, 0) is 0 Å². The summed E-state index contributed by atoms with van der Waals surface area (Å²) in [5.41, 5.74) is 13.1. The van der Waals surface area contributed by atoms with Crippen molar-refractivity contribution in [3.05, 3.63) is 212 Å². The van der Waals surface area contributed by atoms with Crippen LogP contribution < -0.4 is 4.90 Å². The molecule has 0 aliphatic heterocycles. The molecular formula is C52H35NS. The van der Waals surface area contributed by atoms with Crippen LogP contribution in [0.1, 0.15) is 0 Å². The Kier molecular flexibility index (Phi) is 8.09. The van der Waals surface area contributed by atoms with Gasteiger partial charge in [0.25, 0.3) is 0 Å². The molecule has 9 aromatic carbocycles. The SMILES string of the molecule is c1ccc(-c2ccc(N(c3ccc(-c4ccccc4)cc3)c3ccc(-c4cc5sc6ccccc6c5cc4-c4ccc5ccccc5c4)cc3)cc2)cc1. The van der Waals surface area contributed by atoms with Gasteiger partial charge in [0.05, 0.1) is 0 Å². The smallest absolute Gasteiger partial charge is 0.0462 e. The molecule has 10 rings (SSSR count). The summed E-state index contributed by atoms with van der Waals surface area (Å²) in [6.07, 6.45) is 0. The Morgan fingerprint density at radius 1 is 0.278 bits per heavy atom. The van der Waals surface area contributed by atoms with Crippen molar-refractivity contribution in [3.8, 4) is 44.5 Å². The molecule has 0 aliphatic rings. The van der Waals surface area contributed by atoms with E-state index in [0.717, 1.165) is 17.1 Å². The quantitative estimate of drug-likeness (QED) is 0.160.